The topological polar surface area (TPSA) is 34.8 Å². The largest absolute Gasteiger partial charge is 0.459 e. The molecule has 2 aromatic heterocycles. The molecule has 0 amide bonds. The fourth-order valence-electron chi connectivity index (χ4n) is 17.0. The number of ether oxygens (including phenoxy) is 2. The van der Waals surface area contributed by atoms with Crippen LogP contribution in [0.4, 0.5) is 34.1 Å². The summed E-state index contributed by atoms with van der Waals surface area (Å²) in [6.07, 6.45) is 0. The molecule has 0 aliphatic carbocycles. The third-order valence-corrected chi connectivity index (χ3v) is 20.8. The maximum Gasteiger partial charge on any atom is 0.261 e. The van der Waals surface area contributed by atoms with Gasteiger partial charge in [0, 0.05) is 89.0 Å². The average Bonchev–Trinajstić information content (AvgIpc) is 1.26. The molecule has 8 heterocycles. The van der Waals surface area contributed by atoms with Crippen LogP contribution in [0.25, 0.3) is 99.5 Å². The molecule has 454 valence electrons. The first-order valence-electron chi connectivity index (χ1n) is 44.0. The summed E-state index contributed by atoms with van der Waals surface area (Å²) in [6.45, 7) is -4.69. The van der Waals surface area contributed by atoms with Gasteiger partial charge >= 0.3 is 0 Å². The van der Waals surface area contributed by atoms with Crippen molar-refractivity contribution in [3.8, 4) is 78.9 Å². The van der Waals surface area contributed by atoms with Gasteiger partial charge in [-0.25, -0.2) is 0 Å². The van der Waals surface area contributed by atoms with E-state index in [9.17, 15) is 31.5 Å². The van der Waals surface area contributed by atoms with E-state index in [0.717, 1.165) is 0 Å². The summed E-state index contributed by atoms with van der Waals surface area (Å²) in [4.78, 5) is 4.00. The Kier molecular flexibility index (Phi) is 7.34. The van der Waals surface area contributed by atoms with Gasteiger partial charge in [0.15, 0.2) is 0 Å². The lowest BCUT2D eigenvalue weighted by molar-refractivity contribution is 0.490. The van der Waals surface area contributed by atoms with Crippen LogP contribution in [0.15, 0.2) is 321 Å². The molecule has 99 heavy (non-hydrogen) atoms. The molecule has 0 bridgehead atoms. The molecule has 0 fully saturated rings. The minimum Gasteiger partial charge on any atom is -0.459 e. The highest BCUT2D eigenvalue weighted by atomic mass is 16.5. The van der Waals surface area contributed by atoms with Crippen molar-refractivity contribution in [2.75, 3.05) is 9.80 Å². The standard InChI is InChI=1S/C90H53B3N4O2/c1-5-26-54(27-6-1)58-36-21-37-59(55-28-7-2-8-29-55)85(58)96-72-48-25-49-73-80(72)93(83-76(96)52-74-81-89(83)98-78-50-19-15-42-66(78)91(81)68-44-23-40-64-62-34-13-17-46-70(62)94(74)87(64)68)84-77(97(73)86-60(56-30-9-3-10-31-56)38-22-39-61(86)57-32-11-4-12-33-57)53-75-82-90(84)99-79-51-20-16-43-67(79)92(82)69-45-24-41-65-63-35-14-18-47-71(63)95(75)88(65)69/h1-53H/i13D,14D,15D,16D,17D,18D,19D,20D,23D,24D,25D,34D,35D,40D,41D,42D,43D,44D,45D,46D,47D,50D,51D. The van der Waals surface area contributed by atoms with E-state index in [1.54, 1.807) is 33.4 Å². The molecule has 15 aromatic carbocycles. The third-order valence-electron chi connectivity index (χ3n) is 20.8. The highest BCUT2D eigenvalue weighted by molar-refractivity contribution is 7.05. The van der Waals surface area contributed by atoms with E-state index in [0.29, 0.717) is 72.7 Å². The van der Waals surface area contributed by atoms with Crippen molar-refractivity contribution in [3.05, 3.63) is 321 Å². The zero-order valence-corrected chi connectivity index (χ0v) is 51.7. The van der Waals surface area contributed by atoms with Crippen LogP contribution in [-0.2, 0) is 0 Å². The second-order valence-electron chi connectivity index (χ2n) is 25.5. The highest BCUT2D eigenvalue weighted by Crippen LogP contribution is 2.56. The monoisotopic (exact) mass is 1280 g/mol. The van der Waals surface area contributed by atoms with Gasteiger partial charge in [0.1, 0.15) is 23.0 Å². The number of nitrogens with zero attached hydrogens (tertiary/aromatic N) is 4. The summed E-state index contributed by atoms with van der Waals surface area (Å²) in [5.74, 6) is -1.14. The van der Waals surface area contributed by atoms with Gasteiger partial charge in [-0.3, -0.25) is 0 Å². The molecule has 9 heteroatoms. The van der Waals surface area contributed by atoms with Crippen molar-refractivity contribution in [2.24, 2.45) is 0 Å². The molecule has 0 saturated carbocycles. The van der Waals surface area contributed by atoms with Crippen LogP contribution >= 0.6 is 0 Å². The first-order valence-corrected chi connectivity index (χ1v) is 32.5. The number of hydrogen-bond acceptors (Lipinski definition) is 4. The maximum atomic E-state index is 10.8. The van der Waals surface area contributed by atoms with Crippen molar-refractivity contribution in [2.45, 2.75) is 0 Å². The van der Waals surface area contributed by atoms with Gasteiger partial charge in [-0.2, -0.15) is 0 Å². The SMILES string of the molecule is [2H]c1cc2c3c(c1)N(c1c(-c4ccccc4)cccc1-c1ccccc1)c1cc4c5c(c1B3c1c(cc3c6c1Oc1c([2H])c([2H])c([2H])c([2H])c1B6c1c([2H])c([2H])c([2H])c6c7c([2H])c([2H])c([2H])c([2H])c7n-3c16)N2c1c(-c2ccccc2)cccc1-c1ccccc1)Oc1c([2H])c([2H])c([2H])c([2H])c1B5c1c([2H])c([2H])c([2H])c2c3c([2H])c([2H])c([2H])c([2H])c3n-4c12. The fourth-order valence-corrected chi connectivity index (χ4v) is 17.0. The minimum absolute atomic E-state index is 0.0302. The molecule has 0 saturated heterocycles. The lowest BCUT2D eigenvalue weighted by atomic mass is 9.28. The van der Waals surface area contributed by atoms with Gasteiger partial charge in [-0.1, -0.05) is 273 Å². The van der Waals surface area contributed by atoms with Crippen molar-refractivity contribution in [1.29, 1.82) is 0 Å². The Morgan fingerprint density at radius 3 is 1.04 bits per heavy atom. The lowest BCUT2D eigenvalue weighted by Gasteiger charge is -2.48. The smallest absolute Gasteiger partial charge is 0.261 e. The van der Waals surface area contributed by atoms with E-state index in [2.05, 4.69) is 0 Å². The first-order chi connectivity index (χ1) is 58.7. The number of hydrogen-bond donors (Lipinski definition) is 0. The molecule has 0 spiro atoms. The summed E-state index contributed by atoms with van der Waals surface area (Å²) in [7, 11) is 0. The van der Waals surface area contributed by atoms with Crippen molar-refractivity contribution < 1.29 is 41.0 Å². The molecule has 0 atom stereocenters. The van der Waals surface area contributed by atoms with Crippen LogP contribution in [0.5, 0.6) is 23.0 Å². The maximum absolute atomic E-state index is 10.8. The number of fused-ring (bicyclic) bond motifs is 20. The van der Waals surface area contributed by atoms with E-state index < -0.39 is 165 Å². The molecular weight excluding hydrogens is 1200 g/mol. The number of anilines is 6. The highest BCUT2D eigenvalue weighted by Gasteiger charge is 2.54. The number of rotatable bonds is 6. The number of benzene rings is 15. The Labute approximate surface area is 604 Å². The van der Waals surface area contributed by atoms with Gasteiger partial charge < -0.3 is 28.4 Å². The summed E-state index contributed by atoms with van der Waals surface area (Å²) in [5.41, 5.74) is 7.20. The van der Waals surface area contributed by atoms with E-state index in [-0.39, 0.29) is 128 Å². The number of para-hydroxylation sites is 8. The van der Waals surface area contributed by atoms with Crippen LogP contribution in [0.3, 0.4) is 0 Å². The van der Waals surface area contributed by atoms with Gasteiger partial charge in [-0.15, -0.1) is 0 Å². The first kappa shape index (κ1) is 36.4. The van der Waals surface area contributed by atoms with E-state index >= 15 is 0 Å². The zero-order valence-electron chi connectivity index (χ0n) is 74.7. The van der Waals surface area contributed by atoms with Gasteiger partial charge in [0.2, 0.25) is 0 Å². The van der Waals surface area contributed by atoms with Gasteiger partial charge in [0.25, 0.3) is 20.1 Å². The van der Waals surface area contributed by atoms with Crippen molar-refractivity contribution >= 4 is 147 Å². The predicted molar refractivity (Wildman–Crippen MR) is 413 cm³/mol. The quantitative estimate of drug-likeness (QED) is 0.155. The van der Waals surface area contributed by atoms with Crippen LogP contribution in [0, 0.1) is 0 Å². The van der Waals surface area contributed by atoms with Gasteiger partial charge in [0.05, 0.1) is 53.9 Å². The Morgan fingerprint density at radius 2 is 0.626 bits per heavy atom. The Morgan fingerprint density at radius 1 is 0.273 bits per heavy atom. The van der Waals surface area contributed by atoms with E-state index in [1.807, 2.05) is 168 Å². The summed E-state index contributed by atoms with van der Waals surface area (Å²) in [5, 5.41) is -0.662. The average molecular weight is 1280 g/mol. The fraction of sp³-hybridized carbons (Fsp3) is 0. The Hall–Kier alpha value is -12.7. The molecule has 17 aromatic rings. The molecule has 0 unspecified atom stereocenters. The molecular formula is C90H53B3N4O2. The molecule has 6 aliphatic rings. The molecule has 6 aliphatic heterocycles. The van der Waals surface area contributed by atoms with Crippen LogP contribution < -0.4 is 68.4 Å². The van der Waals surface area contributed by atoms with Crippen molar-refractivity contribution in [1.82, 2.24) is 9.13 Å². The van der Waals surface area contributed by atoms with Crippen LogP contribution in [0.1, 0.15) is 31.5 Å². The van der Waals surface area contributed by atoms with Crippen LogP contribution in [-0.4, -0.2) is 29.3 Å². The predicted octanol–water partition coefficient (Wildman–Crippen LogP) is 16.5. The van der Waals surface area contributed by atoms with Crippen molar-refractivity contribution in [3.63, 3.8) is 0 Å². The normalized spacial score (nSPS) is 16.8. The molecule has 0 N–H and O–H groups in total. The minimum atomic E-state index is -1.59. The van der Waals surface area contributed by atoms with Crippen LogP contribution in [0.2, 0.25) is 0 Å². The van der Waals surface area contributed by atoms with E-state index in [1.165, 1.54) is 0 Å². The molecule has 23 rings (SSSR count). The second-order valence-corrected chi connectivity index (χ2v) is 25.5. The summed E-state index contributed by atoms with van der Waals surface area (Å²) in [6, 6.07) is 43.0. The van der Waals surface area contributed by atoms with E-state index in [4.69, 9.17) is 9.47 Å². The molecule has 6 nitrogen and oxygen atoms in total. The summed E-state index contributed by atoms with van der Waals surface area (Å²) >= 11 is 0. The summed E-state index contributed by atoms with van der Waals surface area (Å²) < 4.78 is 246. The second kappa shape index (κ2) is 20.0. The van der Waals surface area contributed by atoms with Gasteiger partial charge in [-0.05, 0) is 120 Å². The number of aromatic nitrogens is 2. The molecule has 0 radical (unpaired) electrons. The third kappa shape index (κ3) is 7.07. The Balaban J connectivity index is 1.00. The zero-order chi connectivity index (χ0) is 84.3. The Bertz CT molecular complexity index is 7290. The lowest BCUT2D eigenvalue weighted by Crippen LogP contribution is -2.67.